The third-order valence-electron chi connectivity index (χ3n) is 3.63. The normalized spacial score (nSPS) is 10.5. The van der Waals surface area contributed by atoms with Crippen molar-refractivity contribution in [3.05, 3.63) is 71.0 Å². The van der Waals surface area contributed by atoms with Gasteiger partial charge in [-0.15, -0.1) is 24.0 Å². The largest absolute Gasteiger partial charge is 0.356 e. The number of hydrogen-bond donors (Lipinski definition) is 2. The number of hydrogen-bond acceptors (Lipinski definition) is 2. The second kappa shape index (κ2) is 11.4. The standard InChI is InChI=1S/C19H21FN4.HI/c1-22-19(23-11-5-8-15-6-3-2-4-7-15)24-14-17-10-9-16(13-21)12-18(17)20;/h2-4,6-7,9-10,12H,5,8,11,14H2,1H3,(H2,22,23,24);1H. The van der Waals surface area contributed by atoms with Gasteiger partial charge >= 0.3 is 0 Å². The Morgan fingerprint density at radius 2 is 1.92 bits per heavy atom. The monoisotopic (exact) mass is 452 g/mol. The molecule has 0 fully saturated rings. The van der Waals surface area contributed by atoms with Crippen LogP contribution in [0.2, 0.25) is 0 Å². The number of halogens is 2. The van der Waals surface area contributed by atoms with Crippen molar-refractivity contribution in [2.24, 2.45) is 4.99 Å². The molecule has 0 aliphatic heterocycles. The lowest BCUT2D eigenvalue weighted by molar-refractivity contribution is 0.604. The van der Waals surface area contributed by atoms with Crippen molar-refractivity contribution < 1.29 is 4.39 Å². The van der Waals surface area contributed by atoms with Crippen LogP contribution in [0.4, 0.5) is 4.39 Å². The molecule has 25 heavy (non-hydrogen) atoms. The highest BCUT2D eigenvalue weighted by molar-refractivity contribution is 14.0. The van der Waals surface area contributed by atoms with E-state index >= 15 is 0 Å². The molecule has 0 atom stereocenters. The maximum absolute atomic E-state index is 13.8. The smallest absolute Gasteiger partial charge is 0.191 e. The zero-order valence-electron chi connectivity index (χ0n) is 14.1. The predicted molar refractivity (Wildman–Crippen MR) is 109 cm³/mol. The summed E-state index contributed by atoms with van der Waals surface area (Å²) in [4.78, 5) is 4.13. The Hall–Kier alpha value is -2.14. The van der Waals surface area contributed by atoms with Gasteiger partial charge in [0.05, 0.1) is 11.6 Å². The predicted octanol–water partition coefficient (Wildman–Crippen LogP) is 3.61. The zero-order chi connectivity index (χ0) is 17.2. The molecule has 0 aliphatic carbocycles. The minimum absolute atomic E-state index is 0. The van der Waals surface area contributed by atoms with Crippen molar-refractivity contribution >= 4 is 29.9 Å². The first-order chi connectivity index (χ1) is 11.7. The lowest BCUT2D eigenvalue weighted by Crippen LogP contribution is -2.37. The van der Waals surface area contributed by atoms with Crippen molar-refractivity contribution in [2.45, 2.75) is 19.4 Å². The minimum atomic E-state index is -0.388. The summed E-state index contributed by atoms with van der Waals surface area (Å²) in [6.07, 6.45) is 1.98. The van der Waals surface area contributed by atoms with Crippen LogP contribution in [0.5, 0.6) is 0 Å². The molecule has 4 nitrogen and oxygen atoms in total. The van der Waals surface area contributed by atoms with Crippen LogP contribution >= 0.6 is 24.0 Å². The van der Waals surface area contributed by atoms with Crippen LogP contribution in [0.15, 0.2) is 53.5 Å². The number of nitriles is 1. The van der Waals surface area contributed by atoms with E-state index in [4.69, 9.17) is 5.26 Å². The molecule has 0 heterocycles. The van der Waals surface area contributed by atoms with E-state index in [2.05, 4.69) is 27.8 Å². The summed E-state index contributed by atoms with van der Waals surface area (Å²) in [5.41, 5.74) is 2.13. The van der Waals surface area contributed by atoms with Gasteiger partial charge in [0.1, 0.15) is 5.82 Å². The third kappa shape index (κ3) is 7.10. The molecule has 0 amide bonds. The Bertz CT molecular complexity index is 726. The summed E-state index contributed by atoms with van der Waals surface area (Å²) in [5.74, 6) is 0.243. The average Bonchev–Trinajstić information content (AvgIpc) is 2.62. The van der Waals surface area contributed by atoms with Gasteiger partial charge in [0.25, 0.3) is 0 Å². The molecule has 0 radical (unpaired) electrons. The van der Waals surface area contributed by atoms with Gasteiger partial charge < -0.3 is 10.6 Å². The fraction of sp³-hybridized carbons (Fsp3) is 0.263. The fourth-order valence-electron chi connectivity index (χ4n) is 2.30. The van der Waals surface area contributed by atoms with Crippen molar-refractivity contribution in [1.29, 1.82) is 5.26 Å². The molecule has 0 aliphatic rings. The van der Waals surface area contributed by atoms with E-state index in [1.54, 1.807) is 19.2 Å². The van der Waals surface area contributed by atoms with Gasteiger partial charge in [0.15, 0.2) is 5.96 Å². The van der Waals surface area contributed by atoms with Crippen LogP contribution in [0, 0.1) is 17.1 Å². The summed E-state index contributed by atoms with van der Waals surface area (Å²) in [5, 5.41) is 15.0. The first-order valence-corrected chi connectivity index (χ1v) is 7.90. The number of aliphatic imine (C=N–C) groups is 1. The first-order valence-electron chi connectivity index (χ1n) is 7.90. The molecule has 2 rings (SSSR count). The van der Waals surface area contributed by atoms with E-state index < -0.39 is 0 Å². The highest BCUT2D eigenvalue weighted by atomic mass is 127. The maximum Gasteiger partial charge on any atom is 0.191 e. The summed E-state index contributed by atoms with van der Waals surface area (Å²) in [6, 6.07) is 16.7. The minimum Gasteiger partial charge on any atom is -0.356 e. The number of aryl methyl sites for hydroxylation is 1. The fourth-order valence-corrected chi connectivity index (χ4v) is 2.30. The molecule has 0 spiro atoms. The van der Waals surface area contributed by atoms with Crippen LogP contribution in [0.3, 0.4) is 0 Å². The Balaban J connectivity index is 0.00000312. The molecule has 2 aromatic rings. The molecule has 0 bridgehead atoms. The Morgan fingerprint density at radius 1 is 1.16 bits per heavy atom. The van der Waals surface area contributed by atoms with Crippen molar-refractivity contribution in [2.75, 3.05) is 13.6 Å². The zero-order valence-corrected chi connectivity index (χ0v) is 16.5. The summed E-state index contributed by atoms with van der Waals surface area (Å²) in [7, 11) is 1.68. The topological polar surface area (TPSA) is 60.2 Å². The number of nitrogens with zero attached hydrogens (tertiary/aromatic N) is 2. The van der Waals surface area contributed by atoms with E-state index in [1.165, 1.54) is 11.6 Å². The molecule has 0 saturated carbocycles. The van der Waals surface area contributed by atoms with Crippen LogP contribution < -0.4 is 10.6 Å². The highest BCUT2D eigenvalue weighted by Crippen LogP contribution is 2.09. The van der Waals surface area contributed by atoms with E-state index in [1.807, 2.05) is 24.3 Å². The second-order valence-corrected chi connectivity index (χ2v) is 5.36. The first kappa shape index (κ1) is 20.9. The Morgan fingerprint density at radius 3 is 2.56 bits per heavy atom. The van der Waals surface area contributed by atoms with Gasteiger partial charge in [-0.3, -0.25) is 4.99 Å². The molecular formula is C19H22FIN4. The van der Waals surface area contributed by atoms with Gasteiger partial charge in [-0.05, 0) is 30.5 Å². The van der Waals surface area contributed by atoms with Crippen molar-refractivity contribution in [1.82, 2.24) is 10.6 Å². The van der Waals surface area contributed by atoms with Crippen molar-refractivity contribution in [3.8, 4) is 6.07 Å². The SMILES string of the molecule is CN=C(NCCCc1ccccc1)NCc1ccc(C#N)cc1F.I. The van der Waals surface area contributed by atoms with E-state index in [0.717, 1.165) is 19.4 Å². The Kier molecular flexibility index (Phi) is 9.55. The molecule has 0 unspecified atom stereocenters. The van der Waals surface area contributed by atoms with Crippen LogP contribution in [-0.4, -0.2) is 19.6 Å². The molecular weight excluding hydrogens is 430 g/mol. The lowest BCUT2D eigenvalue weighted by Gasteiger charge is -2.12. The van der Waals surface area contributed by atoms with Crippen LogP contribution in [0.1, 0.15) is 23.1 Å². The van der Waals surface area contributed by atoms with Gasteiger partial charge in [0, 0.05) is 25.7 Å². The summed E-state index contributed by atoms with van der Waals surface area (Å²) >= 11 is 0. The Labute approximate surface area is 165 Å². The molecule has 0 saturated heterocycles. The van der Waals surface area contributed by atoms with E-state index in [-0.39, 0.29) is 29.8 Å². The van der Waals surface area contributed by atoms with Crippen molar-refractivity contribution in [3.63, 3.8) is 0 Å². The average molecular weight is 452 g/mol. The van der Waals surface area contributed by atoms with Gasteiger partial charge in [-0.25, -0.2) is 4.39 Å². The molecule has 2 aromatic carbocycles. The van der Waals surface area contributed by atoms with E-state index in [9.17, 15) is 4.39 Å². The highest BCUT2D eigenvalue weighted by Gasteiger charge is 2.05. The third-order valence-corrected chi connectivity index (χ3v) is 3.63. The quantitative estimate of drug-likeness (QED) is 0.305. The molecule has 132 valence electrons. The summed E-state index contributed by atoms with van der Waals surface area (Å²) < 4.78 is 13.8. The van der Waals surface area contributed by atoms with Gasteiger partial charge in [-0.2, -0.15) is 5.26 Å². The number of benzene rings is 2. The molecule has 2 N–H and O–H groups in total. The van der Waals surface area contributed by atoms with Crippen LogP contribution in [0.25, 0.3) is 0 Å². The lowest BCUT2D eigenvalue weighted by atomic mass is 10.1. The number of guanidine groups is 1. The molecule has 6 heteroatoms. The van der Waals surface area contributed by atoms with Crippen LogP contribution in [-0.2, 0) is 13.0 Å². The number of nitrogens with one attached hydrogen (secondary N) is 2. The maximum atomic E-state index is 13.8. The summed E-state index contributed by atoms with van der Waals surface area (Å²) in [6.45, 7) is 1.10. The number of rotatable bonds is 6. The van der Waals surface area contributed by atoms with E-state index in [0.29, 0.717) is 23.6 Å². The molecule has 0 aromatic heterocycles. The van der Waals surface area contributed by atoms with Gasteiger partial charge in [0.2, 0.25) is 0 Å². The van der Waals surface area contributed by atoms with Gasteiger partial charge in [-0.1, -0.05) is 36.4 Å². The second-order valence-electron chi connectivity index (χ2n) is 5.36.